The zero-order valence-electron chi connectivity index (χ0n) is 7.51. The van der Waals surface area contributed by atoms with Gasteiger partial charge in [0.05, 0.1) is 0 Å². The first kappa shape index (κ1) is 11.0. The van der Waals surface area contributed by atoms with Crippen LogP contribution in [0, 0.1) is 5.82 Å². The highest BCUT2D eigenvalue weighted by Gasteiger charge is 2.04. The summed E-state index contributed by atoms with van der Waals surface area (Å²) < 4.78 is 18.0. The summed E-state index contributed by atoms with van der Waals surface area (Å²) in [6.07, 6.45) is -0.513. The van der Waals surface area contributed by atoms with Gasteiger partial charge in [-0.25, -0.2) is 9.18 Å². The maximum absolute atomic E-state index is 12.7. The Hall–Kier alpha value is -1.10. The van der Waals surface area contributed by atoms with Crippen molar-refractivity contribution in [3.63, 3.8) is 0 Å². The number of alkyl carbamates (subject to hydrolysis) is 1. The average molecular weight is 262 g/mol. The third kappa shape index (κ3) is 2.99. The van der Waals surface area contributed by atoms with E-state index in [0.29, 0.717) is 4.47 Å². The number of hydrogen-bond donors (Lipinski definition) is 1. The third-order valence-corrected chi connectivity index (χ3v) is 2.32. The van der Waals surface area contributed by atoms with E-state index in [1.807, 2.05) is 0 Å². The van der Waals surface area contributed by atoms with E-state index >= 15 is 0 Å². The lowest BCUT2D eigenvalue weighted by atomic mass is 10.2. The van der Waals surface area contributed by atoms with Crippen molar-refractivity contribution in [1.29, 1.82) is 0 Å². The summed E-state index contributed by atoms with van der Waals surface area (Å²) in [6, 6.07) is 4.19. The fourth-order valence-electron chi connectivity index (χ4n) is 0.854. The molecule has 0 aliphatic carbocycles. The molecule has 0 aliphatic rings. The SMILES string of the molecule is CNC(=O)OCc1ccc(F)cc1Br. The van der Waals surface area contributed by atoms with Crippen molar-refractivity contribution in [2.45, 2.75) is 6.61 Å². The van der Waals surface area contributed by atoms with E-state index < -0.39 is 6.09 Å². The Kier molecular flexibility index (Phi) is 3.88. The van der Waals surface area contributed by atoms with E-state index in [-0.39, 0.29) is 12.4 Å². The second-order valence-corrected chi connectivity index (χ2v) is 3.42. The zero-order chi connectivity index (χ0) is 10.6. The number of carbonyl (C=O) groups is 1. The van der Waals surface area contributed by atoms with Gasteiger partial charge in [-0.1, -0.05) is 22.0 Å². The van der Waals surface area contributed by atoms with Crippen molar-refractivity contribution in [3.8, 4) is 0 Å². The van der Waals surface area contributed by atoms with Crippen molar-refractivity contribution < 1.29 is 13.9 Å². The Morgan fingerprint density at radius 2 is 2.36 bits per heavy atom. The second kappa shape index (κ2) is 4.95. The predicted octanol–water partition coefficient (Wildman–Crippen LogP) is 2.44. The van der Waals surface area contributed by atoms with Crippen LogP contribution >= 0.6 is 15.9 Å². The molecule has 0 radical (unpaired) electrons. The van der Waals surface area contributed by atoms with E-state index in [9.17, 15) is 9.18 Å². The monoisotopic (exact) mass is 261 g/mol. The topological polar surface area (TPSA) is 38.3 Å². The molecule has 0 aliphatic heterocycles. The van der Waals surface area contributed by atoms with E-state index in [1.165, 1.54) is 19.2 Å². The lowest BCUT2D eigenvalue weighted by Crippen LogP contribution is -2.18. The molecular weight excluding hydrogens is 253 g/mol. The van der Waals surface area contributed by atoms with Crippen molar-refractivity contribution >= 4 is 22.0 Å². The normalized spacial score (nSPS) is 9.64. The Bertz CT molecular complexity index is 344. The summed E-state index contributed by atoms with van der Waals surface area (Å²) in [5.74, 6) is -0.333. The number of benzene rings is 1. The number of rotatable bonds is 2. The van der Waals surface area contributed by atoms with Crippen LogP contribution in [0.1, 0.15) is 5.56 Å². The van der Waals surface area contributed by atoms with Gasteiger partial charge in [0.1, 0.15) is 12.4 Å². The summed E-state index contributed by atoms with van der Waals surface area (Å²) >= 11 is 3.17. The van der Waals surface area contributed by atoms with E-state index in [2.05, 4.69) is 21.2 Å². The molecule has 0 aromatic heterocycles. The second-order valence-electron chi connectivity index (χ2n) is 2.56. The first-order valence-electron chi connectivity index (χ1n) is 3.92. The van der Waals surface area contributed by atoms with Gasteiger partial charge < -0.3 is 10.1 Å². The highest BCUT2D eigenvalue weighted by Crippen LogP contribution is 2.18. The Morgan fingerprint density at radius 1 is 1.64 bits per heavy atom. The lowest BCUT2D eigenvalue weighted by Gasteiger charge is -2.05. The molecule has 0 heterocycles. The molecule has 0 fully saturated rings. The van der Waals surface area contributed by atoms with Gasteiger partial charge >= 0.3 is 6.09 Å². The van der Waals surface area contributed by atoms with E-state index in [1.54, 1.807) is 6.07 Å². The van der Waals surface area contributed by atoms with Gasteiger partial charge in [-0.3, -0.25) is 0 Å². The van der Waals surface area contributed by atoms with E-state index in [0.717, 1.165) is 5.56 Å². The van der Waals surface area contributed by atoms with Gasteiger partial charge in [-0.2, -0.15) is 0 Å². The van der Waals surface area contributed by atoms with E-state index in [4.69, 9.17) is 4.74 Å². The summed E-state index contributed by atoms with van der Waals surface area (Å²) in [7, 11) is 1.47. The number of ether oxygens (including phenoxy) is 1. The maximum atomic E-state index is 12.7. The third-order valence-electron chi connectivity index (χ3n) is 1.58. The Balaban J connectivity index is 2.63. The molecule has 76 valence electrons. The minimum absolute atomic E-state index is 0.112. The zero-order valence-corrected chi connectivity index (χ0v) is 9.10. The van der Waals surface area contributed by atoms with Gasteiger partial charge in [0.2, 0.25) is 0 Å². The molecule has 1 aromatic rings. The van der Waals surface area contributed by atoms with Gasteiger partial charge in [0, 0.05) is 17.1 Å². The smallest absolute Gasteiger partial charge is 0.407 e. The van der Waals surface area contributed by atoms with Crippen LogP contribution in [0.4, 0.5) is 9.18 Å². The average Bonchev–Trinajstić information content (AvgIpc) is 2.16. The van der Waals surface area contributed by atoms with Crippen molar-refractivity contribution in [2.75, 3.05) is 7.05 Å². The summed E-state index contributed by atoms with van der Waals surface area (Å²) in [4.78, 5) is 10.7. The summed E-state index contributed by atoms with van der Waals surface area (Å²) in [6.45, 7) is 0.112. The molecule has 14 heavy (non-hydrogen) atoms. The lowest BCUT2D eigenvalue weighted by molar-refractivity contribution is 0.141. The predicted molar refractivity (Wildman–Crippen MR) is 53.3 cm³/mol. The highest BCUT2D eigenvalue weighted by atomic mass is 79.9. The van der Waals surface area contributed by atoms with Crippen LogP contribution in [0.15, 0.2) is 22.7 Å². The largest absolute Gasteiger partial charge is 0.445 e. The standard InChI is InChI=1S/C9H9BrFNO2/c1-12-9(13)14-5-6-2-3-7(11)4-8(6)10/h2-4H,5H2,1H3,(H,12,13). The van der Waals surface area contributed by atoms with Crippen molar-refractivity contribution in [1.82, 2.24) is 5.32 Å². The molecule has 0 atom stereocenters. The number of amides is 1. The molecule has 0 saturated heterocycles. The first-order valence-corrected chi connectivity index (χ1v) is 4.71. The number of nitrogens with one attached hydrogen (secondary N) is 1. The minimum Gasteiger partial charge on any atom is -0.445 e. The van der Waals surface area contributed by atoms with Gasteiger partial charge in [-0.05, 0) is 12.1 Å². The Morgan fingerprint density at radius 3 is 2.93 bits per heavy atom. The van der Waals surface area contributed by atoms with Gasteiger partial charge in [0.15, 0.2) is 0 Å². The summed E-state index contributed by atoms with van der Waals surface area (Å²) in [5, 5.41) is 2.32. The van der Waals surface area contributed by atoms with Crippen LogP contribution in [-0.2, 0) is 11.3 Å². The van der Waals surface area contributed by atoms with Crippen LogP contribution in [0.2, 0.25) is 0 Å². The van der Waals surface area contributed by atoms with Crippen molar-refractivity contribution in [2.24, 2.45) is 0 Å². The molecular formula is C9H9BrFNO2. The molecule has 0 bridgehead atoms. The van der Waals surface area contributed by atoms with Crippen molar-refractivity contribution in [3.05, 3.63) is 34.1 Å². The molecule has 3 nitrogen and oxygen atoms in total. The number of hydrogen-bond acceptors (Lipinski definition) is 2. The quantitative estimate of drug-likeness (QED) is 0.888. The summed E-state index contributed by atoms with van der Waals surface area (Å²) in [5.41, 5.74) is 0.718. The van der Waals surface area contributed by atoms with Crippen LogP contribution < -0.4 is 5.32 Å². The van der Waals surface area contributed by atoms with Gasteiger partial charge in [-0.15, -0.1) is 0 Å². The number of carbonyl (C=O) groups excluding carboxylic acids is 1. The fourth-order valence-corrected chi connectivity index (χ4v) is 1.32. The Labute approximate surface area is 89.4 Å². The molecule has 0 saturated carbocycles. The number of halogens is 2. The molecule has 1 N–H and O–H groups in total. The van der Waals surface area contributed by atoms with Gasteiger partial charge in [0.25, 0.3) is 0 Å². The molecule has 0 unspecified atom stereocenters. The highest BCUT2D eigenvalue weighted by molar-refractivity contribution is 9.10. The minimum atomic E-state index is -0.513. The van der Waals surface area contributed by atoms with Crippen LogP contribution in [0.5, 0.6) is 0 Å². The van der Waals surface area contributed by atoms with Crippen LogP contribution in [0.3, 0.4) is 0 Å². The molecule has 0 spiro atoms. The van der Waals surface area contributed by atoms with Crippen LogP contribution in [0.25, 0.3) is 0 Å². The molecule has 1 rings (SSSR count). The molecule has 1 aromatic carbocycles. The fraction of sp³-hybridized carbons (Fsp3) is 0.222. The first-order chi connectivity index (χ1) is 6.63. The maximum Gasteiger partial charge on any atom is 0.407 e. The molecule has 5 heteroatoms. The molecule has 1 amide bonds. The van der Waals surface area contributed by atoms with Crippen LogP contribution in [-0.4, -0.2) is 13.1 Å².